The maximum absolute atomic E-state index is 4.50. The summed E-state index contributed by atoms with van der Waals surface area (Å²) in [5, 5.41) is 11.6. The van der Waals surface area contributed by atoms with E-state index in [-0.39, 0.29) is 6.04 Å². The molecule has 0 saturated carbocycles. The number of hydrogen-bond acceptors (Lipinski definition) is 5. The Kier molecular flexibility index (Phi) is 4.57. The highest BCUT2D eigenvalue weighted by Crippen LogP contribution is 2.15. The molecule has 102 valence electrons. The van der Waals surface area contributed by atoms with Crippen LogP contribution >= 0.6 is 0 Å². The van der Waals surface area contributed by atoms with Gasteiger partial charge in [-0.3, -0.25) is 4.68 Å². The predicted molar refractivity (Wildman–Crippen MR) is 72.5 cm³/mol. The van der Waals surface area contributed by atoms with Gasteiger partial charge in [0.05, 0.1) is 17.4 Å². The van der Waals surface area contributed by atoms with Crippen molar-refractivity contribution in [2.75, 3.05) is 6.54 Å². The molecule has 1 atom stereocenters. The molecule has 1 N–H and O–H groups in total. The quantitative estimate of drug-likeness (QED) is 0.845. The van der Waals surface area contributed by atoms with Crippen LogP contribution in [0.1, 0.15) is 36.6 Å². The van der Waals surface area contributed by atoms with Gasteiger partial charge in [-0.05, 0) is 26.0 Å². The zero-order chi connectivity index (χ0) is 13.7. The number of rotatable bonds is 6. The molecule has 0 amide bonds. The number of nitrogens with zero attached hydrogens (tertiary/aromatic N) is 5. The second-order valence-corrected chi connectivity index (χ2v) is 4.62. The van der Waals surface area contributed by atoms with Crippen molar-refractivity contribution in [2.45, 2.75) is 32.7 Å². The van der Waals surface area contributed by atoms with E-state index < -0.39 is 0 Å². The fourth-order valence-corrected chi connectivity index (χ4v) is 1.97. The average Bonchev–Trinajstić information content (AvgIpc) is 2.80. The maximum Gasteiger partial charge on any atom is 0.125 e. The number of hydrogen-bond donors (Lipinski definition) is 1. The van der Waals surface area contributed by atoms with E-state index in [1.165, 1.54) is 0 Å². The fraction of sp³-hybridized carbons (Fsp3) is 0.538. The van der Waals surface area contributed by atoms with Crippen LogP contribution in [-0.2, 0) is 13.5 Å². The first kappa shape index (κ1) is 13.6. The molecule has 2 rings (SSSR count). The molecule has 1 unspecified atom stereocenters. The molecule has 0 aliphatic rings. The van der Waals surface area contributed by atoms with Crippen LogP contribution in [0, 0.1) is 6.92 Å². The molecule has 2 aromatic rings. The summed E-state index contributed by atoms with van der Waals surface area (Å²) in [6, 6.07) is 2.11. The summed E-state index contributed by atoms with van der Waals surface area (Å²) in [6.45, 7) is 5.01. The molecule has 0 aromatic carbocycles. The lowest BCUT2D eigenvalue weighted by molar-refractivity contribution is 0.510. The van der Waals surface area contributed by atoms with E-state index >= 15 is 0 Å². The van der Waals surface area contributed by atoms with Crippen molar-refractivity contribution in [1.82, 2.24) is 30.3 Å². The molecule has 6 heteroatoms. The Morgan fingerprint density at radius 3 is 2.89 bits per heavy atom. The Balaban J connectivity index is 2.15. The molecule has 19 heavy (non-hydrogen) atoms. The van der Waals surface area contributed by atoms with Gasteiger partial charge in [-0.2, -0.15) is 0 Å². The van der Waals surface area contributed by atoms with Gasteiger partial charge < -0.3 is 5.32 Å². The van der Waals surface area contributed by atoms with Crippen LogP contribution in [0.15, 0.2) is 18.5 Å². The monoisotopic (exact) mass is 260 g/mol. The van der Waals surface area contributed by atoms with Crippen molar-refractivity contribution >= 4 is 0 Å². The van der Waals surface area contributed by atoms with Crippen molar-refractivity contribution in [1.29, 1.82) is 0 Å². The minimum Gasteiger partial charge on any atom is -0.308 e. The highest BCUT2D eigenvalue weighted by atomic mass is 15.4. The zero-order valence-electron chi connectivity index (χ0n) is 11.7. The van der Waals surface area contributed by atoms with Gasteiger partial charge in [0.25, 0.3) is 0 Å². The standard InChI is InChI=1S/C13H20N6/c1-4-6-15-13(8-11-9-19(3)18-17-11)12-5-7-14-10(2)16-12/h5,7,9,13,15H,4,6,8H2,1-3H3. The lowest BCUT2D eigenvalue weighted by Crippen LogP contribution is -2.25. The minimum atomic E-state index is 0.151. The van der Waals surface area contributed by atoms with Gasteiger partial charge >= 0.3 is 0 Å². The molecule has 0 saturated heterocycles. The summed E-state index contributed by atoms with van der Waals surface area (Å²) in [5.74, 6) is 0.792. The van der Waals surface area contributed by atoms with Crippen molar-refractivity contribution < 1.29 is 0 Å². The Labute approximate surface area is 113 Å². The van der Waals surface area contributed by atoms with Crippen molar-refractivity contribution in [2.24, 2.45) is 7.05 Å². The van der Waals surface area contributed by atoms with Crippen LogP contribution in [0.4, 0.5) is 0 Å². The van der Waals surface area contributed by atoms with Gasteiger partial charge in [-0.25, -0.2) is 9.97 Å². The number of aromatic nitrogens is 5. The van der Waals surface area contributed by atoms with Crippen LogP contribution in [0.25, 0.3) is 0 Å². The molecule has 2 heterocycles. The first-order valence-electron chi connectivity index (χ1n) is 6.57. The van der Waals surface area contributed by atoms with Gasteiger partial charge in [0, 0.05) is 25.9 Å². The minimum absolute atomic E-state index is 0.151. The van der Waals surface area contributed by atoms with E-state index in [2.05, 4.69) is 32.5 Å². The lowest BCUT2D eigenvalue weighted by Gasteiger charge is -2.16. The first-order valence-corrected chi connectivity index (χ1v) is 6.57. The summed E-state index contributed by atoms with van der Waals surface area (Å²) in [7, 11) is 1.87. The Morgan fingerprint density at radius 2 is 2.26 bits per heavy atom. The van der Waals surface area contributed by atoms with Crippen LogP contribution in [-0.4, -0.2) is 31.5 Å². The molecular weight excluding hydrogens is 240 g/mol. The molecule has 0 fully saturated rings. The third kappa shape index (κ3) is 3.82. The smallest absolute Gasteiger partial charge is 0.125 e. The SMILES string of the molecule is CCCNC(Cc1cn(C)nn1)c1ccnc(C)n1. The Morgan fingerprint density at radius 1 is 1.42 bits per heavy atom. The second kappa shape index (κ2) is 6.38. The summed E-state index contributed by atoms with van der Waals surface area (Å²) < 4.78 is 1.72. The first-order chi connectivity index (χ1) is 9.19. The maximum atomic E-state index is 4.50. The van der Waals surface area contributed by atoms with Crippen molar-refractivity contribution in [3.8, 4) is 0 Å². The summed E-state index contributed by atoms with van der Waals surface area (Å²) >= 11 is 0. The van der Waals surface area contributed by atoms with E-state index in [4.69, 9.17) is 0 Å². The molecule has 0 bridgehead atoms. The van der Waals surface area contributed by atoms with Crippen LogP contribution in [0.5, 0.6) is 0 Å². The molecule has 0 aliphatic carbocycles. The topological polar surface area (TPSA) is 68.5 Å². The third-order valence-corrected chi connectivity index (χ3v) is 2.86. The largest absolute Gasteiger partial charge is 0.308 e. The number of aryl methyl sites for hydroxylation is 2. The second-order valence-electron chi connectivity index (χ2n) is 4.62. The number of nitrogens with one attached hydrogen (secondary N) is 1. The zero-order valence-corrected chi connectivity index (χ0v) is 11.7. The van der Waals surface area contributed by atoms with E-state index in [1.807, 2.05) is 26.2 Å². The van der Waals surface area contributed by atoms with Gasteiger partial charge in [-0.15, -0.1) is 5.10 Å². The third-order valence-electron chi connectivity index (χ3n) is 2.86. The van der Waals surface area contributed by atoms with Gasteiger partial charge in [0.2, 0.25) is 0 Å². The van der Waals surface area contributed by atoms with Crippen molar-refractivity contribution in [3.05, 3.63) is 35.7 Å². The van der Waals surface area contributed by atoms with E-state index in [9.17, 15) is 0 Å². The molecule has 0 radical (unpaired) electrons. The summed E-state index contributed by atoms with van der Waals surface area (Å²) in [5.41, 5.74) is 1.97. The summed E-state index contributed by atoms with van der Waals surface area (Å²) in [6.07, 6.45) is 5.61. The van der Waals surface area contributed by atoms with E-state index in [1.54, 1.807) is 10.9 Å². The van der Waals surface area contributed by atoms with E-state index in [0.29, 0.717) is 0 Å². The van der Waals surface area contributed by atoms with E-state index in [0.717, 1.165) is 36.6 Å². The summed E-state index contributed by atoms with van der Waals surface area (Å²) in [4.78, 5) is 8.64. The molecule has 2 aromatic heterocycles. The molecule has 0 aliphatic heterocycles. The average molecular weight is 260 g/mol. The van der Waals surface area contributed by atoms with Crippen LogP contribution < -0.4 is 5.32 Å². The Bertz CT molecular complexity index is 521. The van der Waals surface area contributed by atoms with Crippen molar-refractivity contribution in [3.63, 3.8) is 0 Å². The molecule has 6 nitrogen and oxygen atoms in total. The highest BCUT2D eigenvalue weighted by Gasteiger charge is 2.15. The van der Waals surface area contributed by atoms with Gasteiger partial charge in [0.1, 0.15) is 5.82 Å². The van der Waals surface area contributed by atoms with Crippen LogP contribution in [0.3, 0.4) is 0 Å². The van der Waals surface area contributed by atoms with Gasteiger partial charge in [0.15, 0.2) is 0 Å². The van der Waals surface area contributed by atoms with Crippen LogP contribution in [0.2, 0.25) is 0 Å². The normalized spacial score (nSPS) is 12.6. The highest BCUT2D eigenvalue weighted by molar-refractivity contribution is 5.11. The molecule has 0 spiro atoms. The fourth-order valence-electron chi connectivity index (χ4n) is 1.97. The van der Waals surface area contributed by atoms with Gasteiger partial charge in [-0.1, -0.05) is 12.1 Å². The predicted octanol–water partition coefficient (Wildman–Crippen LogP) is 1.20. The Hall–Kier alpha value is -1.82. The molecular formula is C13H20N6. The lowest BCUT2D eigenvalue weighted by atomic mass is 10.1.